The average molecular weight is 441 g/mol. The van der Waals surface area contributed by atoms with Gasteiger partial charge in [0.25, 0.3) is 11.8 Å². The summed E-state index contributed by atoms with van der Waals surface area (Å²) in [6.45, 7) is 8.66. The summed E-state index contributed by atoms with van der Waals surface area (Å²) >= 11 is 0. The molecule has 3 aromatic carbocycles. The number of hydrogen-bond donors (Lipinski definition) is 1. The van der Waals surface area contributed by atoms with Crippen LogP contribution in [-0.2, 0) is 16.1 Å². The van der Waals surface area contributed by atoms with Crippen molar-refractivity contribution in [1.82, 2.24) is 4.90 Å². The number of amides is 2. The van der Waals surface area contributed by atoms with E-state index in [-0.39, 0.29) is 24.1 Å². The first-order chi connectivity index (χ1) is 15.9. The lowest BCUT2D eigenvalue weighted by molar-refractivity contribution is -0.137. The fourth-order valence-corrected chi connectivity index (χ4v) is 4.03. The SMILES string of the molecule is CCOc1cccc(NC2=C(c3ccc(C)cc3C)C(=O)N(Cc3ccc(C)cc3)C2=O)c1. The monoisotopic (exact) mass is 440 g/mol. The van der Waals surface area contributed by atoms with Gasteiger partial charge in [0, 0.05) is 11.8 Å². The number of imide groups is 1. The van der Waals surface area contributed by atoms with E-state index >= 15 is 0 Å². The van der Waals surface area contributed by atoms with Crippen LogP contribution in [0.15, 0.2) is 72.4 Å². The molecule has 4 rings (SSSR count). The van der Waals surface area contributed by atoms with E-state index in [4.69, 9.17) is 4.74 Å². The van der Waals surface area contributed by atoms with Gasteiger partial charge in [0.15, 0.2) is 0 Å². The van der Waals surface area contributed by atoms with E-state index in [2.05, 4.69) is 5.32 Å². The summed E-state index contributed by atoms with van der Waals surface area (Å²) in [7, 11) is 0. The van der Waals surface area contributed by atoms with E-state index in [9.17, 15) is 9.59 Å². The Hall–Kier alpha value is -3.86. The van der Waals surface area contributed by atoms with Crippen LogP contribution in [0.25, 0.3) is 5.57 Å². The van der Waals surface area contributed by atoms with Crippen LogP contribution in [0, 0.1) is 20.8 Å². The van der Waals surface area contributed by atoms with E-state index in [0.717, 1.165) is 27.8 Å². The molecule has 0 radical (unpaired) electrons. The number of ether oxygens (including phenoxy) is 1. The Balaban J connectivity index is 1.75. The Labute approximate surface area is 194 Å². The van der Waals surface area contributed by atoms with Crippen molar-refractivity contribution in [3.8, 4) is 5.75 Å². The third-order valence-electron chi connectivity index (χ3n) is 5.69. The number of carbonyl (C=O) groups excluding carboxylic acids is 2. The molecule has 0 unspecified atom stereocenters. The topological polar surface area (TPSA) is 58.6 Å². The zero-order valence-electron chi connectivity index (χ0n) is 19.4. The van der Waals surface area contributed by atoms with Crippen molar-refractivity contribution in [3.05, 3.63) is 100 Å². The second-order valence-corrected chi connectivity index (χ2v) is 8.34. The van der Waals surface area contributed by atoms with Crippen LogP contribution in [0.4, 0.5) is 5.69 Å². The molecule has 3 aromatic rings. The molecule has 0 saturated heterocycles. The zero-order chi connectivity index (χ0) is 23.5. The lowest BCUT2D eigenvalue weighted by atomic mass is 9.97. The van der Waals surface area contributed by atoms with Crippen LogP contribution in [0.5, 0.6) is 5.75 Å². The molecule has 1 heterocycles. The van der Waals surface area contributed by atoms with Crippen molar-refractivity contribution in [1.29, 1.82) is 0 Å². The molecular weight excluding hydrogens is 412 g/mol. The van der Waals surface area contributed by atoms with Gasteiger partial charge in [-0.25, -0.2) is 0 Å². The fourth-order valence-electron chi connectivity index (χ4n) is 4.03. The van der Waals surface area contributed by atoms with Crippen molar-refractivity contribution in [2.75, 3.05) is 11.9 Å². The summed E-state index contributed by atoms with van der Waals surface area (Å²) in [5, 5.41) is 3.22. The minimum Gasteiger partial charge on any atom is -0.494 e. The smallest absolute Gasteiger partial charge is 0.278 e. The van der Waals surface area contributed by atoms with E-state index < -0.39 is 0 Å². The summed E-state index contributed by atoms with van der Waals surface area (Å²) < 4.78 is 5.59. The van der Waals surface area contributed by atoms with Crippen LogP contribution in [-0.4, -0.2) is 23.3 Å². The number of benzene rings is 3. The van der Waals surface area contributed by atoms with Gasteiger partial charge in [0.05, 0.1) is 18.7 Å². The molecule has 0 bridgehead atoms. The van der Waals surface area contributed by atoms with Gasteiger partial charge in [0.1, 0.15) is 11.4 Å². The summed E-state index contributed by atoms with van der Waals surface area (Å²) in [4.78, 5) is 28.4. The Morgan fingerprint density at radius 1 is 0.848 bits per heavy atom. The predicted octanol–water partition coefficient (Wildman–Crippen LogP) is 5.40. The number of hydrogen-bond acceptors (Lipinski definition) is 4. The van der Waals surface area contributed by atoms with Crippen molar-refractivity contribution in [2.24, 2.45) is 0 Å². The molecule has 1 N–H and O–H groups in total. The van der Waals surface area contributed by atoms with Gasteiger partial charge < -0.3 is 10.1 Å². The van der Waals surface area contributed by atoms with Crippen LogP contribution in [0.1, 0.15) is 34.7 Å². The van der Waals surface area contributed by atoms with Crippen LogP contribution >= 0.6 is 0 Å². The fraction of sp³-hybridized carbons (Fsp3) is 0.214. The highest BCUT2D eigenvalue weighted by molar-refractivity contribution is 6.36. The summed E-state index contributed by atoms with van der Waals surface area (Å²) in [6.07, 6.45) is 0. The number of aryl methyl sites for hydroxylation is 3. The molecule has 0 aliphatic carbocycles. The largest absolute Gasteiger partial charge is 0.494 e. The highest BCUT2D eigenvalue weighted by atomic mass is 16.5. The zero-order valence-corrected chi connectivity index (χ0v) is 19.4. The molecule has 0 spiro atoms. The Bertz CT molecular complexity index is 1240. The Kier molecular flexibility index (Phi) is 6.31. The van der Waals surface area contributed by atoms with Gasteiger partial charge in [0.2, 0.25) is 0 Å². The van der Waals surface area contributed by atoms with E-state index in [1.807, 2.05) is 94.4 Å². The van der Waals surface area contributed by atoms with Crippen molar-refractivity contribution in [2.45, 2.75) is 34.2 Å². The quantitative estimate of drug-likeness (QED) is 0.500. The molecule has 0 fully saturated rings. The molecule has 2 amide bonds. The highest BCUT2D eigenvalue weighted by Gasteiger charge is 2.39. The molecule has 1 aliphatic heterocycles. The van der Waals surface area contributed by atoms with E-state index in [1.165, 1.54) is 4.90 Å². The maximum atomic E-state index is 13.6. The van der Waals surface area contributed by atoms with Gasteiger partial charge in [-0.3, -0.25) is 14.5 Å². The molecular formula is C28H28N2O3. The molecule has 0 aromatic heterocycles. The molecule has 5 nitrogen and oxygen atoms in total. The van der Waals surface area contributed by atoms with Gasteiger partial charge >= 0.3 is 0 Å². The molecule has 168 valence electrons. The minimum absolute atomic E-state index is 0.219. The van der Waals surface area contributed by atoms with Crippen LogP contribution in [0.3, 0.4) is 0 Å². The Morgan fingerprint density at radius 3 is 2.27 bits per heavy atom. The normalized spacial score (nSPS) is 13.6. The van der Waals surface area contributed by atoms with E-state index in [0.29, 0.717) is 23.6 Å². The predicted molar refractivity (Wildman–Crippen MR) is 131 cm³/mol. The number of carbonyl (C=O) groups is 2. The third kappa shape index (κ3) is 4.67. The van der Waals surface area contributed by atoms with Crippen LogP contribution < -0.4 is 10.1 Å². The molecule has 5 heteroatoms. The summed E-state index contributed by atoms with van der Waals surface area (Å²) in [5.41, 5.74) is 6.21. The van der Waals surface area contributed by atoms with Gasteiger partial charge in [-0.2, -0.15) is 0 Å². The highest BCUT2D eigenvalue weighted by Crippen LogP contribution is 2.34. The van der Waals surface area contributed by atoms with Crippen molar-refractivity contribution in [3.63, 3.8) is 0 Å². The Morgan fingerprint density at radius 2 is 1.58 bits per heavy atom. The van der Waals surface area contributed by atoms with Crippen molar-refractivity contribution < 1.29 is 14.3 Å². The first-order valence-corrected chi connectivity index (χ1v) is 11.1. The number of nitrogens with zero attached hydrogens (tertiary/aromatic N) is 1. The summed E-state index contributed by atoms with van der Waals surface area (Å²) in [6, 6.07) is 21.2. The second kappa shape index (κ2) is 9.33. The van der Waals surface area contributed by atoms with Crippen LogP contribution in [0.2, 0.25) is 0 Å². The second-order valence-electron chi connectivity index (χ2n) is 8.34. The molecule has 0 saturated carbocycles. The number of nitrogens with one attached hydrogen (secondary N) is 1. The minimum atomic E-state index is -0.336. The van der Waals surface area contributed by atoms with Gasteiger partial charge in [-0.1, -0.05) is 59.7 Å². The maximum Gasteiger partial charge on any atom is 0.278 e. The first kappa shape index (κ1) is 22.3. The van der Waals surface area contributed by atoms with Gasteiger partial charge in [-0.05, 0) is 56.5 Å². The van der Waals surface area contributed by atoms with Crippen molar-refractivity contribution >= 4 is 23.1 Å². The van der Waals surface area contributed by atoms with Gasteiger partial charge in [-0.15, -0.1) is 0 Å². The average Bonchev–Trinajstić information content (AvgIpc) is 3.00. The number of anilines is 1. The lowest BCUT2D eigenvalue weighted by Crippen LogP contribution is -2.32. The molecule has 1 aliphatic rings. The lowest BCUT2D eigenvalue weighted by Gasteiger charge is -2.16. The maximum absolute atomic E-state index is 13.6. The first-order valence-electron chi connectivity index (χ1n) is 11.1. The molecule has 33 heavy (non-hydrogen) atoms. The van der Waals surface area contributed by atoms with E-state index in [1.54, 1.807) is 0 Å². The number of rotatable bonds is 7. The molecule has 0 atom stereocenters. The third-order valence-corrected chi connectivity index (χ3v) is 5.69. The summed E-state index contributed by atoms with van der Waals surface area (Å²) in [5.74, 6) is 0.0674. The standard InChI is InChI=1S/C28H28N2O3/c1-5-33-23-8-6-7-22(16-23)29-26-25(24-14-11-19(3)15-20(24)4)27(31)30(28(26)32)17-21-12-9-18(2)10-13-21/h6-16,29H,5,17H2,1-4H3.